The van der Waals surface area contributed by atoms with Crippen molar-refractivity contribution in [1.82, 2.24) is 5.32 Å². The SMILES string of the molecule is C[C@@H]1CC(C)(C)CNC1=O. The van der Waals surface area contributed by atoms with Crippen molar-refractivity contribution in [2.24, 2.45) is 11.3 Å². The number of piperidine rings is 1. The van der Waals surface area contributed by atoms with Gasteiger partial charge in [-0.05, 0) is 11.8 Å². The molecule has 1 aliphatic heterocycles. The molecule has 0 saturated carbocycles. The highest BCUT2D eigenvalue weighted by Crippen LogP contribution is 2.27. The average molecular weight is 141 g/mol. The Morgan fingerprint density at radius 2 is 2.20 bits per heavy atom. The van der Waals surface area contributed by atoms with Gasteiger partial charge in [-0.2, -0.15) is 0 Å². The van der Waals surface area contributed by atoms with E-state index in [1.165, 1.54) is 0 Å². The molecule has 0 aromatic rings. The molecular weight excluding hydrogens is 126 g/mol. The van der Waals surface area contributed by atoms with E-state index in [4.69, 9.17) is 0 Å². The van der Waals surface area contributed by atoms with Gasteiger partial charge in [0.05, 0.1) is 0 Å². The lowest BCUT2D eigenvalue weighted by Crippen LogP contribution is -2.44. The maximum Gasteiger partial charge on any atom is 0.222 e. The van der Waals surface area contributed by atoms with E-state index in [0.29, 0.717) is 5.41 Å². The third-order valence-corrected chi connectivity index (χ3v) is 2.05. The Balaban J connectivity index is 2.57. The minimum absolute atomic E-state index is 0.198. The van der Waals surface area contributed by atoms with Gasteiger partial charge in [-0.3, -0.25) is 4.79 Å². The highest BCUT2D eigenvalue weighted by molar-refractivity contribution is 5.79. The molecule has 0 spiro atoms. The number of carbonyl (C=O) groups excluding carboxylic acids is 1. The first-order chi connectivity index (χ1) is 4.51. The summed E-state index contributed by atoms with van der Waals surface area (Å²) in [5.74, 6) is 0.406. The van der Waals surface area contributed by atoms with E-state index in [1.807, 2.05) is 6.92 Å². The van der Waals surface area contributed by atoms with Crippen LogP contribution in [0.1, 0.15) is 27.2 Å². The fourth-order valence-corrected chi connectivity index (χ4v) is 1.49. The molecule has 0 unspecified atom stereocenters. The smallest absolute Gasteiger partial charge is 0.222 e. The van der Waals surface area contributed by atoms with Crippen molar-refractivity contribution in [2.75, 3.05) is 6.54 Å². The van der Waals surface area contributed by atoms with Gasteiger partial charge >= 0.3 is 0 Å². The third kappa shape index (κ3) is 1.49. The van der Waals surface area contributed by atoms with E-state index in [1.54, 1.807) is 0 Å². The summed E-state index contributed by atoms with van der Waals surface area (Å²) in [7, 11) is 0. The van der Waals surface area contributed by atoms with Crippen LogP contribution in [0.2, 0.25) is 0 Å². The number of nitrogens with one attached hydrogen (secondary N) is 1. The van der Waals surface area contributed by atoms with Gasteiger partial charge in [-0.1, -0.05) is 20.8 Å². The molecule has 1 atom stereocenters. The van der Waals surface area contributed by atoms with Crippen molar-refractivity contribution in [3.8, 4) is 0 Å². The van der Waals surface area contributed by atoms with Crippen LogP contribution in [0.4, 0.5) is 0 Å². The predicted octanol–water partition coefficient (Wildman–Crippen LogP) is 1.17. The van der Waals surface area contributed by atoms with Crippen LogP contribution in [0.5, 0.6) is 0 Å². The van der Waals surface area contributed by atoms with Crippen molar-refractivity contribution < 1.29 is 4.79 Å². The molecule has 1 heterocycles. The fraction of sp³-hybridized carbons (Fsp3) is 0.875. The van der Waals surface area contributed by atoms with Gasteiger partial charge in [0.15, 0.2) is 0 Å². The van der Waals surface area contributed by atoms with Crippen molar-refractivity contribution >= 4 is 5.91 Å². The molecule has 10 heavy (non-hydrogen) atoms. The lowest BCUT2D eigenvalue weighted by atomic mass is 9.80. The first kappa shape index (κ1) is 7.58. The second-order valence-corrected chi connectivity index (χ2v) is 3.99. The van der Waals surface area contributed by atoms with Crippen LogP contribution in [0.3, 0.4) is 0 Å². The molecule has 0 aromatic heterocycles. The van der Waals surface area contributed by atoms with Crippen molar-refractivity contribution in [3.63, 3.8) is 0 Å². The molecule has 0 radical (unpaired) electrons. The normalized spacial score (nSPS) is 31.5. The van der Waals surface area contributed by atoms with Gasteiger partial charge in [0, 0.05) is 12.5 Å². The Labute approximate surface area is 62.0 Å². The van der Waals surface area contributed by atoms with E-state index in [0.717, 1.165) is 13.0 Å². The van der Waals surface area contributed by atoms with Crippen LogP contribution in [0, 0.1) is 11.3 Å². The molecule has 1 saturated heterocycles. The van der Waals surface area contributed by atoms with Crippen LogP contribution >= 0.6 is 0 Å². The largest absolute Gasteiger partial charge is 0.355 e. The summed E-state index contributed by atoms with van der Waals surface area (Å²) < 4.78 is 0. The number of rotatable bonds is 0. The third-order valence-electron chi connectivity index (χ3n) is 2.05. The van der Waals surface area contributed by atoms with Crippen molar-refractivity contribution in [3.05, 3.63) is 0 Å². The molecule has 58 valence electrons. The summed E-state index contributed by atoms with van der Waals surface area (Å²) in [5.41, 5.74) is 0.299. The lowest BCUT2D eigenvalue weighted by molar-refractivity contribution is -0.128. The Morgan fingerprint density at radius 1 is 1.60 bits per heavy atom. The second kappa shape index (κ2) is 2.26. The molecule has 1 fully saturated rings. The zero-order valence-electron chi connectivity index (χ0n) is 6.90. The first-order valence-electron chi connectivity index (χ1n) is 3.79. The van der Waals surface area contributed by atoms with E-state index in [2.05, 4.69) is 19.2 Å². The van der Waals surface area contributed by atoms with E-state index in [9.17, 15) is 4.79 Å². The highest BCUT2D eigenvalue weighted by atomic mass is 16.1. The summed E-state index contributed by atoms with van der Waals surface area (Å²) in [6, 6.07) is 0. The summed E-state index contributed by atoms with van der Waals surface area (Å²) in [6.07, 6.45) is 1.01. The van der Waals surface area contributed by atoms with Crippen LogP contribution < -0.4 is 5.32 Å². The number of hydrogen-bond acceptors (Lipinski definition) is 1. The molecule has 0 aliphatic carbocycles. The first-order valence-corrected chi connectivity index (χ1v) is 3.79. The van der Waals surface area contributed by atoms with Gasteiger partial charge in [-0.25, -0.2) is 0 Å². The molecule has 2 heteroatoms. The Hall–Kier alpha value is -0.530. The van der Waals surface area contributed by atoms with Crippen LogP contribution in [0.25, 0.3) is 0 Å². The standard InChI is InChI=1S/C8H15NO/c1-6-4-8(2,3)5-9-7(6)10/h6H,4-5H2,1-3H3,(H,9,10)/t6-/m1/s1. The van der Waals surface area contributed by atoms with Gasteiger partial charge in [0.1, 0.15) is 0 Å². The lowest BCUT2D eigenvalue weighted by Gasteiger charge is -2.33. The van der Waals surface area contributed by atoms with E-state index in [-0.39, 0.29) is 11.8 Å². The zero-order chi connectivity index (χ0) is 7.78. The van der Waals surface area contributed by atoms with E-state index >= 15 is 0 Å². The highest BCUT2D eigenvalue weighted by Gasteiger charge is 2.30. The number of amides is 1. The monoisotopic (exact) mass is 141 g/mol. The Morgan fingerprint density at radius 3 is 2.60 bits per heavy atom. The van der Waals surface area contributed by atoms with Gasteiger partial charge < -0.3 is 5.32 Å². The van der Waals surface area contributed by atoms with Gasteiger partial charge in [-0.15, -0.1) is 0 Å². The molecule has 2 nitrogen and oxygen atoms in total. The minimum atomic E-state index is 0.198. The van der Waals surface area contributed by atoms with Crippen LogP contribution in [0.15, 0.2) is 0 Å². The number of carbonyl (C=O) groups is 1. The van der Waals surface area contributed by atoms with Gasteiger partial charge in [0.2, 0.25) is 5.91 Å². The quantitative estimate of drug-likeness (QED) is 0.539. The predicted molar refractivity (Wildman–Crippen MR) is 40.6 cm³/mol. The molecular formula is C8H15NO. The maximum absolute atomic E-state index is 11.0. The molecule has 1 N–H and O–H groups in total. The van der Waals surface area contributed by atoms with Crippen LogP contribution in [-0.2, 0) is 4.79 Å². The molecule has 1 rings (SSSR count). The summed E-state index contributed by atoms with van der Waals surface area (Å²) in [6.45, 7) is 7.18. The molecule has 0 bridgehead atoms. The molecule has 0 aromatic carbocycles. The summed E-state index contributed by atoms with van der Waals surface area (Å²) >= 11 is 0. The van der Waals surface area contributed by atoms with E-state index < -0.39 is 0 Å². The summed E-state index contributed by atoms with van der Waals surface area (Å²) in [4.78, 5) is 11.0. The average Bonchev–Trinajstić information content (AvgIpc) is 1.79. The topological polar surface area (TPSA) is 29.1 Å². The molecule has 1 amide bonds. The fourth-order valence-electron chi connectivity index (χ4n) is 1.49. The molecule has 1 aliphatic rings. The van der Waals surface area contributed by atoms with Crippen molar-refractivity contribution in [1.29, 1.82) is 0 Å². The second-order valence-electron chi connectivity index (χ2n) is 3.99. The minimum Gasteiger partial charge on any atom is -0.355 e. The van der Waals surface area contributed by atoms with Crippen molar-refractivity contribution in [2.45, 2.75) is 27.2 Å². The maximum atomic E-state index is 11.0. The van der Waals surface area contributed by atoms with Gasteiger partial charge in [0.25, 0.3) is 0 Å². The Kier molecular flexibility index (Phi) is 1.71. The summed E-state index contributed by atoms with van der Waals surface area (Å²) in [5, 5.41) is 2.88. The zero-order valence-corrected chi connectivity index (χ0v) is 6.90. The Bertz CT molecular complexity index is 151. The van der Waals surface area contributed by atoms with Crippen LogP contribution in [-0.4, -0.2) is 12.5 Å². The number of hydrogen-bond donors (Lipinski definition) is 1.